The van der Waals surface area contributed by atoms with Gasteiger partial charge in [-0.15, -0.1) is 0 Å². The standard InChI is InChI=1S/C12H21N5/c1-10-9-15-12(13)16-11(10)14-5-8-17-6-3-2-4-7-17/h9H,2-8H2,1H3,(H3,13,14,15,16). The first-order chi connectivity index (χ1) is 8.25. The average Bonchev–Trinajstić information content (AvgIpc) is 2.35. The van der Waals surface area contributed by atoms with E-state index in [0.717, 1.165) is 24.5 Å². The Kier molecular flexibility index (Phi) is 4.14. The molecule has 0 atom stereocenters. The van der Waals surface area contributed by atoms with E-state index in [9.17, 15) is 0 Å². The van der Waals surface area contributed by atoms with Gasteiger partial charge in [0.15, 0.2) is 0 Å². The molecule has 1 fully saturated rings. The summed E-state index contributed by atoms with van der Waals surface area (Å²) in [6.45, 7) is 6.43. The maximum atomic E-state index is 5.57. The molecule has 0 saturated carbocycles. The predicted octanol–water partition coefficient (Wildman–Crippen LogP) is 1.27. The zero-order valence-electron chi connectivity index (χ0n) is 10.4. The molecule has 3 N–H and O–H groups in total. The molecule has 0 radical (unpaired) electrons. The molecule has 0 bridgehead atoms. The molecule has 1 aliphatic heterocycles. The van der Waals surface area contributed by atoms with Crippen LogP contribution < -0.4 is 11.1 Å². The molecule has 17 heavy (non-hydrogen) atoms. The van der Waals surface area contributed by atoms with Gasteiger partial charge in [-0.1, -0.05) is 6.42 Å². The third-order valence-corrected chi connectivity index (χ3v) is 3.16. The van der Waals surface area contributed by atoms with E-state index in [0.29, 0.717) is 5.95 Å². The lowest BCUT2D eigenvalue weighted by Crippen LogP contribution is -2.33. The van der Waals surface area contributed by atoms with E-state index in [2.05, 4.69) is 20.2 Å². The van der Waals surface area contributed by atoms with Crippen molar-refractivity contribution in [1.82, 2.24) is 14.9 Å². The van der Waals surface area contributed by atoms with Crippen LogP contribution in [0.3, 0.4) is 0 Å². The van der Waals surface area contributed by atoms with Crippen molar-refractivity contribution < 1.29 is 0 Å². The van der Waals surface area contributed by atoms with Crippen LogP contribution in [0.5, 0.6) is 0 Å². The topological polar surface area (TPSA) is 67.1 Å². The minimum Gasteiger partial charge on any atom is -0.368 e. The highest BCUT2D eigenvalue weighted by molar-refractivity contribution is 5.44. The zero-order chi connectivity index (χ0) is 12.1. The van der Waals surface area contributed by atoms with Crippen LogP contribution in [0.15, 0.2) is 6.20 Å². The first-order valence-electron chi connectivity index (χ1n) is 6.31. The molecule has 1 aliphatic rings. The fourth-order valence-corrected chi connectivity index (χ4v) is 2.15. The molecule has 2 rings (SSSR count). The Labute approximate surface area is 102 Å². The molecule has 5 nitrogen and oxygen atoms in total. The molecule has 2 heterocycles. The molecule has 0 unspecified atom stereocenters. The third-order valence-electron chi connectivity index (χ3n) is 3.16. The van der Waals surface area contributed by atoms with E-state index in [4.69, 9.17) is 5.73 Å². The third kappa shape index (κ3) is 3.56. The first-order valence-corrected chi connectivity index (χ1v) is 6.31. The van der Waals surface area contributed by atoms with Gasteiger partial charge in [0.1, 0.15) is 5.82 Å². The summed E-state index contributed by atoms with van der Waals surface area (Å²) in [6, 6.07) is 0. The minimum absolute atomic E-state index is 0.330. The second-order valence-electron chi connectivity index (χ2n) is 4.59. The molecule has 5 heteroatoms. The van der Waals surface area contributed by atoms with Crippen LogP contribution >= 0.6 is 0 Å². The van der Waals surface area contributed by atoms with Gasteiger partial charge < -0.3 is 16.0 Å². The summed E-state index contributed by atoms with van der Waals surface area (Å²) in [5.74, 6) is 1.19. The van der Waals surface area contributed by atoms with Crippen molar-refractivity contribution in [1.29, 1.82) is 0 Å². The number of piperidine rings is 1. The number of aromatic nitrogens is 2. The maximum absolute atomic E-state index is 5.57. The number of rotatable bonds is 4. The number of aryl methyl sites for hydroxylation is 1. The van der Waals surface area contributed by atoms with E-state index >= 15 is 0 Å². The van der Waals surface area contributed by atoms with Crippen molar-refractivity contribution in [3.8, 4) is 0 Å². The molecule has 1 aromatic rings. The summed E-state index contributed by atoms with van der Waals surface area (Å²) in [4.78, 5) is 10.6. The van der Waals surface area contributed by atoms with E-state index in [1.54, 1.807) is 6.20 Å². The monoisotopic (exact) mass is 235 g/mol. The van der Waals surface area contributed by atoms with Gasteiger partial charge in [0.25, 0.3) is 0 Å². The Morgan fingerprint density at radius 1 is 1.35 bits per heavy atom. The Hall–Kier alpha value is -1.36. The van der Waals surface area contributed by atoms with Gasteiger partial charge in [-0.3, -0.25) is 0 Å². The van der Waals surface area contributed by atoms with Gasteiger partial charge in [0, 0.05) is 24.8 Å². The molecule has 1 aromatic heterocycles. The molecule has 0 aliphatic carbocycles. The van der Waals surface area contributed by atoms with Crippen molar-refractivity contribution >= 4 is 11.8 Å². The zero-order valence-corrected chi connectivity index (χ0v) is 10.4. The van der Waals surface area contributed by atoms with E-state index in [-0.39, 0.29) is 0 Å². The van der Waals surface area contributed by atoms with Crippen LogP contribution in [0.1, 0.15) is 24.8 Å². The number of nitrogen functional groups attached to an aromatic ring is 1. The summed E-state index contributed by atoms with van der Waals surface area (Å²) in [5, 5.41) is 3.33. The van der Waals surface area contributed by atoms with Gasteiger partial charge in [-0.25, -0.2) is 4.98 Å². The number of nitrogens with zero attached hydrogens (tertiary/aromatic N) is 3. The first kappa shape index (κ1) is 12.1. The van der Waals surface area contributed by atoms with Crippen LogP contribution in [0, 0.1) is 6.92 Å². The molecule has 94 valence electrons. The Balaban J connectivity index is 1.79. The van der Waals surface area contributed by atoms with Crippen LogP contribution in [-0.2, 0) is 0 Å². The van der Waals surface area contributed by atoms with E-state index in [1.807, 2.05) is 6.92 Å². The van der Waals surface area contributed by atoms with Crippen molar-refractivity contribution in [2.45, 2.75) is 26.2 Å². The maximum Gasteiger partial charge on any atom is 0.221 e. The van der Waals surface area contributed by atoms with Crippen molar-refractivity contribution in [3.05, 3.63) is 11.8 Å². The average molecular weight is 235 g/mol. The van der Waals surface area contributed by atoms with Gasteiger partial charge >= 0.3 is 0 Å². The molecule has 1 saturated heterocycles. The second-order valence-corrected chi connectivity index (χ2v) is 4.59. The van der Waals surface area contributed by atoms with E-state index in [1.165, 1.54) is 32.4 Å². The molecule has 0 aromatic carbocycles. The van der Waals surface area contributed by atoms with Crippen molar-refractivity contribution in [3.63, 3.8) is 0 Å². The molecular formula is C12H21N5. The summed E-state index contributed by atoms with van der Waals surface area (Å²) < 4.78 is 0. The number of nitrogens with two attached hydrogens (primary N) is 1. The van der Waals surface area contributed by atoms with Gasteiger partial charge in [-0.2, -0.15) is 4.98 Å². The largest absolute Gasteiger partial charge is 0.368 e. The predicted molar refractivity (Wildman–Crippen MR) is 70.0 cm³/mol. The normalized spacial score (nSPS) is 17.0. The fourth-order valence-electron chi connectivity index (χ4n) is 2.15. The molecular weight excluding hydrogens is 214 g/mol. The number of nitrogens with one attached hydrogen (secondary N) is 1. The van der Waals surface area contributed by atoms with Crippen molar-refractivity contribution in [2.75, 3.05) is 37.2 Å². The van der Waals surface area contributed by atoms with Crippen LogP contribution in [0.2, 0.25) is 0 Å². The highest BCUT2D eigenvalue weighted by atomic mass is 15.2. The number of anilines is 2. The molecule has 0 spiro atoms. The SMILES string of the molecule is Cc1cnc(N)nc1NCCN1CCCCC1. The van der Waals surface area contributed by atoms with Crippen LogP contribution in [-0.4, -0.2) is 41.0 Å². The van der Waals surface area contributed by atoms with Gasteiger partial charge in [-0.05, 0) is 32.9 Å². The lowest BCUT2D eigenvalue weighted by atomic mass is 10.1. The Morgan fingerprint density at radius 2 is 2.12 bits per heavy atom. The lowest BCUT2D eigenvalue weighted by molar-refractivity contribution is 0.237. The van der Waals surface area contributed by atoms with E-state index < -0.39 is 0 Å². The lowest BCUT2D eigenvalue weighted by Gasteiger charge is -2.26. The van der Waals surface area contributed by atoms with Gasteiger partial charge in [0.05, 0.1) is 0 Å². The Morgan fingerprint density at radius 3 is 2.88 bits per heavy atom. The van der Waals surface area contributed by atoms with Crippen molar-refractivity contribution in [2.24, 2.45) is 0 Å². The number of hydrogen-bond donors (Lipinski definition) is 2. The Bertz CT molecular complexity index is 360. The highest BCUT2D eigenvalue weighted by Crippen LogP contribution is 2.11. The number of hydrogen-bond acceptors (Lipinski definition) is 5. The minimum atomic E-state index is 0.330. The summed E-state index contributed by atoms with van der Waals surface area (Å²) in [5.41, 5.74) is 6.61. The van der Waals surface area contributed by atoms with Crippen LogP contribution in [0.25, 0.3) is 0 Å². The molecule has 0 amide bonds. The summed E-state index contributed by atoms with van der Waals surface area (Å²) in [7, 11) is 0. The fraction of sp³-hybridized carbons (Fsp3) is 0.667. The summed E-state index contributed by atoms with van der Waals surface area (Å²) >= 11 is 0. The quantitative estimate of drug-likeness (QED) is 0.822. The summed E-state index contributed by atoms with van der Waals surface area (Å²) in [6.07, 6.45) is 5.80. The number of likely N-dealkylation sites (tertiary alicyclic amines) is 1. The smallest absolute Gasteiger partial charge is 0.221 e. The highest BCUT2D eigenvalue weighted by Gasteiger charge is 2.09. The van der Waals surface area contributed by atoms with Gasteiger partial charge in [0.2, 0.25) is 5.95 Å². The van der Waals surface area contributed by atoms with Crippen LogP contribution in [0.4, 0.5) is 11.8 Å². The second kappa shape index (κ2) is 5.82.